The molecule has 2 aromatic heterocycles. The molecule has 25 heavy (non-hydrogen) atoms. The lowest BCUT2D eigenvalue weighted by Gasteiger charge is -2.16. The number of hydrogen-bond acceptors (Lipinski definition) is 5. The average molecular weight is 359 g/mol. The third-order valence-electron chi connectivity index (χ3n) is 5.01. The zero-order valence-corrected chi connectivity index (χ0v) is 14.8. The van der Waals surface area contributed by atoms with Crippen LogP contribution in [-0.2, 0) is 15.0 Å². The molecule has 1 saturated carbocycles. The number of nitrogens with zero attached hydrogens (tertiary/aromatic N) is 2. The number of carbonyl (C=O) groups excluding carboxylic acids is 2. The van der Waals surface area contributed by atoms with Gasteiger partial charge in [0.25, 0.3) is 0 Å². The Bertz CT molecular complexity index is 764. The lowest BCUT2D eigenvalue weighted by atomic mass is 10.0. The Kier molecular flexibility index (Phi) is 4.33. The van der Waals surface area contributed by atoms with E-state index in [0.717, 1.165) is 55.1 Å². The van der Waals surface area contributed by atoms with Crippen molar-refractivity contribution in [2.24, 2.45) is 0 Å². The van der Waals surface area contributed by atoms with Crippen LogP contribution >= 0.6 is 11.3 Å². The molecule has 6 nitrogen and oxygen atoms in total. The summed E-state index contributed by atoms with van der Waals surface area (Å²) in [6.07, 6.45) is 4.01. The second-order valence-electron chi connectivity index (χ2n) is 6.73. The van der Waals surface area contributed by atoms with Gasteiger partial charge >= 0.3 is 0 Å². The van der Waals surface area contributed by atoms with E-state index < -0.39 is 5.41 Å². The number of nitrogens with one attached hydrogen (secondary N) is 1. The molecule has 1 aliphatic carbocycles. The first kappa shape index (κ1) is 16.3. The van der Waals surface area contributed by atoms with Crippen LogP contribution in [0.15, 0.2) is 28.1 Å². The minimum atomic E-state index is -0.525. The van der Waals surface area contributed by atoms with Gasteiger partial charge in [0, 0.05) is 32.1 Å². The number of aromatic nitrogens is 1. The summed E-state index contributed by atoms with van der Waals surface area (Å²) in [6.45, 7) is 2.15. The average Bonchev–Trinajstić information content (AvgIpc) is 3.03. The summed E-state index contributed by atoms with van der Waals surface area (Å²) >= 11 is 1.59. The highest BCUT2D eigenvalue weighted by molar-refractivity contribution is 7.13. The Hall–Kier alpha value is -2.15. The topological polar surface area (TPSA) is 75.4 Å². The Morgan fingerprint density at radius 1 is 1.44 bits per heavy atom. The van der Waals surface area contributed by atoms with Crippen LogP contribution < -0.4 is 5.32 Å². The lowest BCUT2D eigenvalue weighted by molar-refractivity contribution is -0.127. The maximum absolute atomic E-state index is 12.6. The smallest absolute Gasteiger partial charge is 0.232 e. The van der Waals surface area contributed by atoms with Crippen LogP contribution in [0, 0.1) is 0 Å². The number of hydrogen-bond donors (Lipinski definition) is 1. The first-order valence-corrected chi connectivity index (χ1v) is 9.64. The Morgan fingerprint density at radius 3 is 3.00 bits per heavy atom. The van der Waals surface area contributed by atoms with Gasteiger partial charge < -0.3 is 14.7 Å². The Balaban J connectivity index is 1.31. The fraction of sp³-hybridized carbons (Fsp3) is 0.500. The van der Waals surface area contributed by atoms with Gasteiger partial charge in [0.05, 0.1) is 16.0 Å². The quantitative estimate of drug-likeness (QED) is 0.771. The summed E-state index contributed by atoms with van der Waals surface area (Å²) in [5.74, 6) is 0.969. The molecule has 1 aliphatic heterocycles. The van der Waals surface area contributed by atoms with Crippen LogP contribution in [0.1, 0.15) is 37.8 Å². The molecule has 7 heteroatoms. The number of likely N-dealkylation sites (tertiary alicyclic amines) is 1. The maximum atomic E-state index is 12.6. The summed E-state index contributed by atoms with van der Waals surface area (Å²) in [7, 11) is 0. The predicted octanol–water partition coefficient (Wildman–Crippen LogP) is 2.56. The van der Waals surface area contributed by atoms with Crippen LogP contribution in [0.4, 0.5) is 0 Å². The highest BCUT2D eigenvalue weighted by Gasteiger charge is 2.53. The minimum Gasteiger partial charge on any atom is -0.355 e. The molecule has 3 heterocycles. The zero-order chi connectivity index (χ0) is 17.3. The van der Waals surface area contributed by atoms with Crippen molar-refractivity contribution >= 4 is 23.2 Å². The molecule has 2 amide bonds. The molecule has 132 valence electrons. The van der Waals surface area contributed by atoms with Crippen LogP contribution in [0.2, 0.25) is 0 Å². The molecule has 0 unspecified atom stereocenters. The second kappa shape index (κ2) is 6.63. The van der Waals surface area contributed by atoms with E-state index in [0.29, 0.717) is 13.0 Å². The van der Waals surface area contributed by atoms with Crippen molar-refractivity contribution in [2.75, 3.05) is 19.6 Å². The lowest BCUT2D eigenvalue weighted by Crippen LogP contribution is -2.37. The van der Waals surface area contributed by atoms with Gasteiger partial charge in [-0.15, -0.1) is 11.3 Å². The predicted molar refractivity (Wildman–Crippen MR) is 94.2 cm³/mol. The number of thiophene rings is 1. The van der Waals surface area contributed by atoms with Crippen molar-refractivity contribution in [1.82, 2.24) is 15.4 Å². The molecule has 0 aromatic carbocycles. The van der Waals surface area contributed by atoms with E-state index >= 15 is 0 Å². The molecule has 0 bridgehead atoms. The summed E-state index contributed by atoms with van der Waals surface area (Å²) in [4.78, 5) is 27.1. The molecule has 1 saturated heterocycles. The summed E-state index contributed by atoms with van der Waals surface area (Å²) in [5, 5.41) is 9.15. The molecule has 0 atom stereocenters. The number of rotatable bonds is 7. The molecule has 0 radical (unpaired) electrons. The van der Waals surface area contributed by atoms with Crippen LogP contribution in [0.3, 0.4) is 0 Å². The van der Waals surface area contributed by atoms with Gasteiger partial charge in [-0.1, -0.05) is 11.2 Å². The third kappa shape index (κ3) is 3.20. The normalized spacial score (nSPS) is 18.6. The molecule has 2 fully saturated rings. The summed E-state index contributed by atoms with van der Waals surface area (Å²) in [6, 6.07) is 5.84. The Morgan fingerprint density at radius 2 is 2.32 bits per heavy atom. The third-order valence-corrected chi connectivity index (χ3v) is 5.90. The molecular formula is C18H21N3O3S. The number of amides is 2. The monoisotopic (exact) mass is 359 g/mol. The van der Waals surface area contributed by atoms with Crippen molar-refractivity contribution in [2.45, 2.75) is 37.5 Å². The van der Waals surface area contributed by atoms with E-state index in [1.165, 1.54) is 0 Å². The van der Waals surface area contributed by atoms with E-state index in [2.05, 4.69) is 10.5 Å². The molecular weight excluding hydrogens is 338 g/mol. The molecule has 4 rings (SSSR count). The van der Waals surface area contributed by atoms with E-state index in [4.69, 9.17) is 4.52 Å². The maximum Gasteiger partial charge on any atom is 0.232 e. The van der Waals surface area contributed by atoms with E-state index in [9.17, 15) is 9.59 Å². The molecule has 1 N–H and O–H groups in total. The zero-order valence-electron chi connectivity index (χ0n) is 14.0. The van der Waals surface area contributed by atoms with Crippen molar-refractivity contribution in [3.8, 4) is 10.6 Å². The van der Waals surface area contributed by atoms with Gasteiger partial charge in [-0.2, -0.15) is 0 Å². The fourth-order valence-corrected chi connectivity index (χ4v) is 4.01. The van der Waals surface area contributed by atoms with E-state index in [1.54, 1.807) is 11.3 Å². The fourth-order valence-electron chi connectivity index (χ4n) is 3.34. The van der Waals surface area contributed by atoms with Crippen molar-refractivity contribution in [3.05, 3.63) is 29.3 Å². The van der Waals surface area contributed by atoms with E-state index in [1.807, 2.05) is 28.5 Å². The summed E-state index contributed by atoms with van der Waals surface area (Å²) < 4.78 is 5.43. The molecule has 2 aliphatic rings. The van der Waals surface area contributed by atoms with Gasteiger partial charge in [0.1, 0.15) is 0 Å². The summed E-state index contributed by atoms with van der Waals surface area (Å²) in [5.41, 5.74) is 0.200. The highest BCUT2D eigenvalue weighted by atomic mass is 32.1. The minimum absolute atomic E-state index is 0.0197. The first-order chi connectivity index (χ1) is 12.2. The first-order valence-electron chi connectivity index (χ1n) is 8.76. The van der Waals surface area contributed by atoms with Crippen LogP contribution in [-0.4, -0.2) is 41.5 Å². The molecule has 2 aromatic rings. The van der Waals surface area contributed by atoms with Crippen LogP contribution in [0.25, 0.3) is 10.6 Å². The van der Waals surface area contributed by atoms with Crippen molar-refractivity contribution in [3.63, 3.8) is 0 Å². The largest absolute Gasteiger partial charge is 0.355 e. The molecule has 0 spiro atoms. The van der Waals surface area contributed by atoms with E-state index in [-0.39, 0.29) is 11.8 Å². The SMILES string of the molecule is O=C1CCCN1CCCNC(=O)C1(c2cc(-c3cccs3)on2)CC1. The highest BCUT2D eigenvalue weighted by Crippen LogP contribution is 2.48. The van der Waals surface area contributed by atoms with Crippen LogP contribution in [0.5, 0.6) is 0 Å². The Labute approximate surface area is 150 Å². The van der Waals surface area contributed by atoms with Crippen molar-refractivity contribution in [1.29, 1.82) is 0 Å². The van der Waals surface area contributed by atoms with Gasteiger partial charge in [0.2, 0.25) is 11.8 Å². The van der Waals surface area contributed by atoms with Crippen molar-refractivity contribution < 1.29 is 14.1 Å². The van der Waals surface area contributed by atoms with Gasteiger partial charge in [-0.25, -0.2) is 0 Å². The van der Waals surface area contributed by atoms with Gasteiger partial charge in [0.15, 0.2) is 5.76 Å². The van der Waals surface area contributed by atoms with Gasteiger partial charge in [-0.05, 0) is 37.1 Å². The van der Waals surface area contributed by atoms with Gasteiger partial charge in [-0.3, -0.25) is 9.59 Å². The standard InChI is InChI=1S/C18H21N3O3S/c22-16-5-1-9-21(16)10-3-8-19-17(23)18(6-7-18)15-12-13(24-20-15)14-4-2-11-25-14/h2,4,11-12H,1,3,5-10H2,(H,19,23). The second-order valence-corrected chi connectivity index (χ2v) is 7.68. The number of carbonyl (C=O) groups is 2.